The Morgan fingerprint density at radius 3 is 2.52 bits per heavy atom. The summed E-state index contributed by atoms with van der Waals surface area (Å²) in [6.07, 6.45) is 2.32. The number of guanidine groups is 1. The van der Waals surface area contributed by atoms with E-state index in [0.29, 0.717) is 24.1 Å². The van der Waals surface area contributed by atoms with E-state index in [0.717, 1.165) is 24.5 Å². The highest BCUT2D eigenvalue weighted by atomic mass is 127. The SMILES string of the molecule is CCNC(=NCc1cccc(C(=O)NC)c1)NC(C)CCC(C)C.I. The van der Waals surface area contributed by atoms with Gasteiger partial charge in [0, 0.05) is 25.2 Å². The van der Waals surface area contributed by atoms with Crippen LogP contribution in [0.15, 0.2) is 29.3 Å². The molecule has 1 amide bonds. The summed E-state index contributed by atoms with van der Waals surface area (Å²) < 4.78 is 0. The van der Waals surface area contributed by atoms with Gasteiger partial charge in [-0.15, -0.1) is 24.0 Å². The summed E-state index contributed by atoms with van der Waals surface area (Å²) in [6, 6.07) is 7.95. The zero-order valence-electron chi connectivity index (χ0n) is 16.1. The van der Waals surface area contributed by atoms with E-state index in [1.165, 1.54) is 6.42 Å². The Morgan fingerprint density at radius 1 is 1.20 bits per heavy atom. The number of halogens is 1. The molecule has 0 spiro atoms. The minimum absolute atomic E-state index is 0. The summed E-state index contributed by atoms with van der Waals surface area (Å²) in [5, 5.41) is 9.37. The van der Waals surface area contributed by atoms with E-state index in [4.69, 9.17) is 0 Å². The standard InChI is InChI=1S/C19H32N4O.HI/c1-6-21-19(23-15(4)11-10-14(2)3)22-13-16-8-7-9-17(12-16)18(24)20-5;/h7-9,12,14-15H,6,10-11,13H2,1-5H3,(H,20,24)(H2,21,22,23);1H. The molecule has 0 aromatic heterocycles. The lowest BCUT2D eigenvalue weighted by Gasteiger charge is -2.18. The van der Waals surface area contributed by atoms with Crippen LogP contribution in [0.1, 0.15) is 56.5 Å². The van der Waals surface area contributed by atoms with Crippen LogP contribution in [0.4, 0.5) is 0 Å². The number of benzene rings is 1. The predicted octanol–water partition coefficient (Wildman–Crippen LogP) is 3.54. The highest BCUT2D eigenvalue weighted by Crippen LogP contribution is 2.08. The molecule has 1 aromatic rings. The second kappa shape index (κ2) is 13.0. The Morgan fingerprint density at radius 2 is 1.92 bits per heavy atom. The highest BCUT2D eigenvalue weighted by Gasteiger charge is 2.07. The molecule has 0 bridgehead atoms. The van der Waals surface area contributed by atoms with Crippen molar-refractivity contribution >= 4 is 35.8 Å². The number of rotatable bonds is 8. The third-order valence-electron chi connectivity index (χ3n) is 3.74. The van der Waals surface area contributed by atoms with Crippen molar-refractivity contribution in [1.82, 2.24) is 16.0 Å². The fourth-order valence-corrected chi connectivity index (χ4v) is 2.33. The molecular weight excluding hydrogens is 427 g/mol. The Kier molecular flexibility index (Phi) is 12.3. The molecule has 1 rings (SSSR count). The normalized spacial score (nSPS) is 12.3. The van der Waals surface area contributed by atoms with E-state index < -0.39 is 0 Å². The summed E-state index contributed by atoms with van der Waals surface area (Å²) in [4.78, 5) is 16.3. The summed E-state index contributed by atoms with van der Waals surface area (Å²) in [5.41, 5.74) is 1.68. The lowest BCUT2D eigenvalue weighted by atomic mass is 10.0. The summed E-state index contributed by atoms with van der Waals surface area (Å²) in [5.74, 6) is 1.45. The van der Waals surface area contributed by atoms with Gasteiger partial charge in [-0.2, -0.15) is 0 Å². The first-order valence-corrected chi connectivity index (χ1v) is 8.82. The van der Waals surface area contributed by atoms with Crippen LogP contribution >= 0.6 is 24.0 Å². The fourth-order valence-electron chi connectivity index (χ4n) is 2.33. The minimum Gasteiger partial charge on any atom is -0.357 e. The van der Waals surface area contributed by atoms with E-state index >= 15 is 0 Å². The molecule has 0 saturated carbocycles. The van der Waals surface area contributed by atoms with Crippen LogP contribution in [0.25, 0.3) is 0 Å². The third kappa shape index (κ3) is 9.67. The van der Waals surface area contributed by atoms with Crippen LogP contribution in [0.3, 0.4) is 0 Å². The molecule has 25 heavy (non-hydrogen) atoms. The van der Waals surface area contributed by atoms with E-state index in [1.807, 2.05) is 24.3 Å². The van der Waals surface area contributed by atoms with Gasteiger partial charge >= 0.3 is 0 Å². The van der Waals surface area contributed by atoms with Crippen molar-refractivity contribution in [1.29, 1.82) is 0 Å². The van der Waals surface area contributed by atoms with Crippen LogP contribution in [-0.4, -0.2) is 31.5 Å². The van der Waals surface area contributed by atoms with Crippen LogP contribution in [0.5, 0.6) is 0 Å². The van der Waals surface area contributed by atoms with Gasteiger partial charge in [0.05, 0.1) is 6.54 Å². The van der Waals surface area contributed by atoms with Gasteiger partial charge in [0.1, 0.15) is 0 Å². The molecule has 0 fully saturated rings. The first kappa shape index (κ1) is 23.7. The summed E-state index contributed by atoms with van der Waals surface area (Å²) in [6.45, 7) is 10.1. The quantitative estimate of drug-likeness (QED) is 0.316. The zero-order chi connectivity index (χ0) is 17.9. The van der Waals surface area contributed by atoms with Crippen molar-refractivity contribution in [3.63, 3.8) is 0 Å². The lowest BCUT2D eigenvalue weighted by Crippen LogP contribution is -2.42. The molecule has 0 aliphatic heterocycles. The molecule has 0 saturated heterocycles. The number of hydrogen-bond donors (Lipinski definition) is 3. The zero-order valence-corrected chi connectivity index (χ0v) is 18.4. The number of aliphatic imine (C=N–C) groups is 1. The second-order valence-electron chi connectivity index (χ2n) is 6.49. The van der Waals surface area contributed by atoms with Gasteiger partial charge < -0.3 is 16.0 Å². The molecule has 1 unspecified atom stereocenters. The lowest BCUT2D eigenvalue weighted by molar-refractivity contribution is 0.0963. The van der Waals surface area contributed by atoms with E-state index in [2.05, 4.69) is 48.6 Å². The first-order chi connectivity index (χ1) is 11.5. The summed E-state index contributed by atoms with van der Waals surface area (Å²) >= 11 is 0. The minimum atomic E-state index is -0.0758. The average molecular weight is 460 g/mol. The predicted molar refractivity (Wildman–Crippen MR) is 117 cm³/mol. The smallest absolute Gasteiger partial charge is 0.251 e. The molecule has 1 aromatic carbocycles. The van der Waals surface area contributed by atoms with Gasteiger partial charge in [0.25, 0.3) is 5.91 Å². The molecule has 1 atom stereocenters. The number of hydrogen-bond acceptors (Lipinski definition) is 2. The fraction of sp³-hybridized carbons (Fsp3) is 0.579. The van der Waals surface area contributed by atoms with Gasteiger partial charge in [-0.1, -0.05) is 26.0 Å². The topological polar surface area (TPSA) is 65.5 Å². The monoisotopic (exact) mass is 460 g/mol. The van der Waals surface area contributed by atoms with E-state index in [-0.39, 0.29) is 29.9 Å². The van der Waals surface area contributed by atoms with Crippen molar-refractivity contribution in [3.05, 3.63) is 35.4 Å². The Hall–Kier alpha value is -1.31. The van der Waals surface area contributed by atoms with Crippen molar-refractivity contribution in [2.45, 2.75) is 53.1 Å². The number of nitrogens with one attached hydrogen (secondary N) is 3. The largest absolute Gasteiger partial charge is 0.357 e. The van der Waals surface area contributed by atoms with Gasteiger partial charge in [0.2, 0.25) is 0 Å². The first-order valence-electron chi connectivity index (χ1n) is 8.82. The van der Waals surface area contributed by atoms with Crippen LogP contribution in [-0.2, 0) is 6.54 Å². The number of carbonyl (C=O) groups is 1. The maximum atomic E-state index is 11.7. The number of amides is 1. The van der Waals surface area contributed by atoms with E-state index in [1.54, 1.807) is 7.05 Å². The van der Waals surface area contributed by atoms with E-state index in [9.17, 15) is 4.79 Å². The van der Waals surface area contributed by atoms with Gasteiger partial charge in [-0.25, -0.2) is 4.99 Å². The molecule has 0 aliphatic carbocycles. The molecule has 3 N–H and O–H groups in total. The number of carbonyl (C=O) groups excluding carboxylic acids is 1. The molecule has 0 aliphatic rings. The maximum absolute atomic E-state index is 11.7. The molecule has 0 heterocycles. The molecule has 142 valence electrons. The Labute approximate surface area is 169 Å². The van der Waals surface area contributed by atoms with Crippen LogP contribution < -0.4 is 16.0 Å². The van der Waals surface area contributed by atoms with Crippen molar-refractivity contribution in [3.8, 4) is 0 Å². The van der Waals surface area contributed by atoms with Crippen LogP contribution in [0, 0.1) is 5.92 Å². The van der Waals surface area contributed by atoms with Gasteiger partial charge in [-0.3, -0.25) is 4.79 Å². The molecule has 5 nitrogen and oxygen atoms in total. The second-order valence-corrected chi connectivity index (χ2v) is 6.49. The molecule has 0 radical (unpaired) electrons. The Bertz CT molecular complexity index is 546. The van der Waals surface area contributed by atoms with Crippen molar-refractivity contribution in [2.24, 2.45) is 10.9 Å². The summed E-state index contributed by atoms with van der Waals surface area (Å²) in [7, 11) is 1.64. The van der Waals surface area contributed by atoms with Crippen LogP contribution in [0.2, 0.25) is 0 Å². The third-order valence-corrected chi connectivity index (χ3v) is 3.74. The Balaban J connectivity index is 0.00000576. The average Bonchev–Trinajstić information content (AvgIpc) is 2.57. The maximum Gasteiger partial charge on any atom is 0.251 e. The highest BCUT2D eigenvalue weighted by molar-refractivity contribution is 14.0. The molecular formula is C19H33IN4O. The van der Waals surface area contributed by atoms with Gasteiger partial charge in [-0.05, 0) is 50.3 Å². The van der Waals surface area contributed by atoms with Crippen molar-refractivity contribution in [2.75, 3.05) is 13.6 Å². The number of nitrogens with zero attached hydrogens (tertiary/aromatic N) is 1. The molecule has 6 heteroatoms. The van der Waals surface area contributed by atoms with Gasteiger partial charge in [0.15, 0.2) is 5.96 Å². The van der Waals surface area contributed by atoms with Crippen molar-refractivity contribution < 1.29 is 4.79 Å².